The molecule has 0 spiro atoms. The predicted molar refractivity (Wildman–Crippen MR) is 73.2 cm³/mol. The van der Waals surface area contributed by atoms with Gasteiger partial charge in [-0.3, -0.25) is 0 Å². The van der Waals surface area contributed by atoms with Crippen molar-refractivity contribution in [3.63, 3.8) is 0 Å². The van der Waals surface area contributed by atoms with Gasteiger partial charge < -0.3 is 9.64 Å². The molecule has 0 atom stereocenters. The van der Waals surface area contributed by atoms with Crippen molar-refractivity contribution in [2.75, 3.05) is 31.2 Å². The van der Waals surface area contributed by atoms with E-state index in [1.54, 1.807) is 0 Å². The van der Waals surface area contributed by atoms with Crippen LogP contribution in [0.4, 0.5) is 14.7 Å². The number of anilines is 1. The summed E-state index contributed by atoms with van der Waals surface area (Å²) in [6, 6.07) is 3.20. The van der Waals surface area contributed by atoms with E-state index in [0.29, 0.717) is 32.3 Å². The van der Waals surface area contributed by atoms with Crippen LogP contribution in [0, 0.1) is 11.6 Å². The number of hydrogen-bond donors (Lipinski definition) is 0. The predicted octanol–water partition coefficient (Wildman–Crippen LogP) is 2.31. The fraction of sp³-hybridized carbons (Fsp3) is 0.308. The Morgan fingerprint density at radius 1 is 1.10 bits per heavy atom. The zero-order valence-electron chi connectivity index (χ0n) is 10.9. The molecule has 0 bridgehead atoms. The van der Waals surface area contributed by atoms with Crippen LogP contribution >= 0.6 is 11.6 Å². The van der Waals surface area contributed by atoms with E-state index >= 15 is 0 Å². The molecule has 1 aliphatic rings. The van der Waals surface area contributed by atoms with Gasteiger partial charge in [0, 0.05) is 19.2 Å². The lowest BCUT2D eigenvalue weighted by atomic mass is 10.2. The van der Waals surface area contributed by atoms with E-state index in [1.807, 2.05) is 4.90 Å². The molecule has 21 heavy (non-hydrogen) atoms. The molecule has 1 aliphatic heterocycles. The van der Waals surface area contributed by atoms with Gasteiger partial charge in [-0.05, 0) is 23.7 Å². The molecule has 2 heterocycles. The molecule has 8 heteroatoms. The van der Waals surface area contributed by atoms with Crippen molar-refractivity contribution in [3.8, 4) is 11.4 Å². The minimum atomic E-state index is -0.745. The molecule has 0 radical (unpaired) electrons. The summed E-state index contributed by atoms with van der Waals surface area (Å²) in [4.78, 5) is 14.1. The first kappa shape index (κ1) is 14.1. The number of ether oxygens (including phenoxy) is 1. The van der Waals surface area contributed by atoms with E-state index in [0.717, 1.165) is 12.1 Å². The Morgan fingerprint density at radius 2 is 1.86 bits per heavy atom. The Labute approximate surface area is 124 Å². The lowest BCUT2D eigenvalue weighted by molar-refractivity contribution is 0.122. The van der Waals surface area contributed by atoms with Crippen LogP contribution in [0.5, 0.6) is 0 Å². The van der Waals surface area contributed by atoms with Crippen LogP contribution in [-0.2, 0) is 4.74 Å². The highest BCUT2D eigenvalue weighted by atomic mass is 35.5. The highest BCUT2D eigenvalue weighted by Crippen LogP contribution is 2.23. The summed E-state index contributed by atoms with van der Waals surface area (Å²) in [6.45, 7) is 2.35. The van der Waals surface area contributed by atoms with Crippen molar-refractivity contribution in [2.24, 2.45) is 0 Å². The van der Waals surface area contributed by atoms with Gasteiger partial charge in [-0.15, -0.1) is 0 Å². The molecule has 1 fully saturated rings. The quantitative estimate of drug-likeness (QED) is 0.851. The van der Waals surface area contributed by atoms with E-state index in [-0.39, 0.29) is 16.7 Å². The molecule has 110 valence electrons. The van der Waals surface area contributed by atoms with Gasteiger partial charge in [0.1, 0.15) is 11.6 Å². The molecule has 1 aromatic heterocycles. The Kier molecular flexibility index (Phi) is 3.94. The van der Waals surface area contributed by atoms with E-state index in [1.165, 1.54) is 6.07 Å². The topological polar surface area (TPSA) is 51.1 Å². The van der Waals surface area contributed by atoms with Crippen LogP contribution in [-0.4, -0.2) is 41.3 Å². The van der Waals surface area contributed by atoms with Crippen LogP contribution in [0.15, 0.2) is 18.2 Å². The third-order valence-electron chi connectivity index (χ3n) is 3.06. The van der Waals surface area contributed by atoms with Gasteiger partial charge in [-0.1, -0.05) is 0 Å². The third-order valence-corrected chi connectivity index (χ3v) is 3.23. The Bertz CT molecular complexity index is 665. The molecule has 5 nitrogen and oxygen atoms in total. The first-order chi connectivity index (χ1) is 10.1. The Balaban J connectivity index is 2.00. The minimum Gasteiger partial charge on any atom is -0.378 e. The smallest absolute Gasteiger partial charge is 0.230 e. The summed E-state index contributed by atoms with van der Waals surface area (Å²) in [5, 5.41) is -0.0368. The fourth-order valence-electron chi connectivity index (χ4n) is 2.04. The van der Waals surface area contributed by atoms with Crippen LogP contribution in [0.3, 0.4) is 0 Å². The number of rotatable bonds is 2. The van der Waals surface area contributed by atoms with Crippen molar-refractivity contribution >= 4 is 17.5 Å². The number of aromatic nitrogens is 3. The SMILES string of the molecule is Fc1ccc(-c2nc(Cl)nc(N3CCOCC3)n2)c(F)c1. The van der Waals surface area contributed by atoms with Crippen LogP contribution in [0.2, 0.25) is 5.28 Å². The lowest BCUT2D eigenvalue weighted by Crippen LogP contribution is -2.37. The summed E-state index contributed by atoms with van der Waals surface area (Å²) in [6.07, 6.45) is 0. The maximum atomic E-state index is 13.8. The highest BCUT2D eigenvalue weighted by Gasteiger charge is 2.18. The zero-order valence-corrected chi connectivity index (χ0v) is 11.6. The number of benzene rings is 1. The number of nitrogens with zero attached hydrogens (tertiary/aromatic N) is 4. The number of morpholine rings is 1. The lowest BCUT2D eigenvalue weighted by Gasteiger charge is -2.26. The standard InChI is InChI=1S/C13H11ClF2N4O/c14-12-17-11(9-2-1-8(15)7-10(9)16)18-13(19-12)20-3-5-21-6-4-20/h1-2,7H,3-6H2. The highest BCUT2D eigenvalue weighted by molar-refractivity contribution is 6.28. The van der Waals surface area contributed by atoms with Crippen molar-refractivity contribution < 1.29 is 13.5 Å². The van der Waals surface area contributed by atoms with Gasteiger partial charge in [0.05, 0.1) is 18.8 Å². The number of hydrogen-bond acceptors (Lipinski definition) is 5. The molecule has 3 rings (SSSR count). The second-order valence-electron chi connectivity index (χ2n) is 4.45. The summed E-state index contributed by atoms with van der Waals surface area (Å²) in [5.74, 6) is -0.971. The first-order valence-electron chi connectivity index (χ1n) is 6.33. The molecular weight excluding hydrogens is 302 g/mol. The Hall–Kier alpha value is -1.86. The normalized spacial score (nSPS) is 15.3. The molecular formula is C13H11ClF2N4O. The molecule has 2 aromatic rings. The third kappa shape index (κ3) is 3.08. The van der Waals surface area contributed by atoms with E-state index in [2.05, 4.69) is 15.0 Å². The van der Waals surface area contributed by atoms with Crippen molar-refractivity contribution in [1.29, 1.82) is 0 Å². The van der Waals surface area contributed by atoms with Crippen molar-refractivity contribution in [1.82, 2.24) is 15.0 Å². The average Bonchev–Trinajstić information content (AvgIpc) is 2.47. The Morgan fingerprint density at radius 3 is 2.57 bits per heavy atom. The van der Waals surface area contributed by atoms with Gasteiger partial charge in [0.15, 0.2) is 5.82 Å². The van der Waals surface area contributed by atoms with Crippen LogP contribution in [0.25, 0.3) is 11.4 Å². The van der Waals surface area contributed by atoms with Crippen LogP contribution in [0.1, 0.15) is 0 Å². The first-order valence-corrected chi connectivity index (χ1v) is 6.71. The zero-order chi connectivity index (χ0) is 14.8. The fourth-order valence-corrected chi connectivity index (χ4v) is 2.19. The summed E-state index contributed by atoms with van der Waals surface area (Å²) in [5.41, 5.74) is 0.0789. The molecule has 0 unspecified atom stereocenters. The summed E-state index contributed by atoms with van der Waals surface area (Å²) >= 11 is 5.89. The van der Waals surface area contributed by atoms with Crippen LogP contribution < -0.4 is 4.90 Å². The average molecular weight is 313 g/mol. The van der Waals surface area contributed by atoms with Gasteiger partial charge in [0.2, 0.25) is 11.2 Å². The molecule has 1 saturated heterocycles. The summed E-state index contributed by atoms with van der Waals surface area (Å²) < 4.78 is 32.0. The maximum absolute atomic E-state index is 13.8. The second-order valence-corrected chi connectivity index (χ2v) is 4.79. The van der Waals surface area contributed by atoms with Crippen molar-refractivity contribution in [3.05, 3.63) is 35.1 Å². The number of halogens is 3. The monoisotopic (exact) mass is 312 g/mol. The second kappa shape index (κ2) is 5.87. The van der Waals surface area contributed by atoms with E-state index < -0.39 is 11.6 Å². The molecule has 0 saturated carbocycles. The van der Waals surface area contributed by atoms with Gasteiger partial charge in [-0.25, -0.2) is 8.78 Å². The maximum Gasteiger partial charge on any atom is 0.230 e. The molecule has 0 amide bonds. The summed E-state index contributed by atoms with van der Waals surface area (Å²) in [7, 11) is 0. The van der Waals surface area contributed by atoms with E-state index in [4.69, 9.17) is 16.3 Å². The molecule has 0 aliphatic carbocycles. The molecule has 0 N–H and O–H groups in total. The van der Waals surface area contributed by atoms with Gasteiger partial charge in [0.25, 0.3) is 0 Å². The van der Waals surface area contributed by atoms with Crippen molar-refractivity contribution in [2.45, 2.75) is 0 Å². The van der Waals surface area contributed by atoms with Gasteiger partial charge >= 0.3 is 0 Å². The van der Waals surface area contributed by atoms with E-state index in [9.17, 15) is 8.78 Å². The minimum absolute atomic E-state index is 0.0368. The largest absolute Gasteiger partial charge is 0.378 e. The molecule has 1 aromatic carbocycles. The van der Waals surface area contributed by atoms with Gasteiger partial charge in [-0.2, -0.15) is 15.0 Å².